The van der Waals surface area contributed by atoms with Crippen LogP contribution in [0.5, 0.6) is 0 Å². The van der Waals surface area contributed by atoms with Crippen LogP contribution in [0.3, 0.4) is 0 Å². The number of nitrogens with one attached hydrogen (secondary N) is 1. The average molecular weight is 557 g/mol. The minimum absolute atomic E-state index is 0.149. The number of hydrogen-bond donors (Lipinski definition) is 1. The van der Waals surface area contributed by atoms with Crippen LogP contribution in [-0.4, -0.2) is 51.0 Å². The molecule has 1 saturated heterocycles. The number of benzene rings is 2. The van der Waals surface area contributed by atoms with Gasteiger partial charge in [0.05, 0.1) is 5.56 Å². The van der Waals surface area contributed by atoms with Gasteiger partial charge in [-0.1, -0.05) is 18.2 Å². The van der Waals surface area contributed by atoms with Gasteiger partial charge in [-0.2, -0.15) is 13.2 Å². The second kappa shape index (κ2) is 10.6. The molecule has 0 bridgehead atoms. The van der Waals surface area contributed by atoms with Crippen LogP contribution in [0, 0.1) is 5.82 Å². The van der Waals surface area contributed by atoms with Gasteiger partial charge in [0.25, 0.3) is 10.0 Å². The van der Waals surface area contributed by atoms with E-state index in [4.69, 9.17) is 0 Å². The largest absolute Gasteiger partial charge is 0.416 e. The Kier molecular flexibility index (Phi) is 7.82. The highest BCUT2D eigenvalue weighted by molar-refractivity contribution is 7.93. The van der Waals surface area contributed by atoms with E-state index in [1.54, 1.807) is 17.5 Å². The molecule has 1 aromatic heterocycles. The van der Waals surface area contributed by atoms with Crippen molar-refractivity contribution in [3.05, 3.63) is 71.0 Å². The first-order valence-electron chi connectivity index (χ1n) is 11.7. The predicted octanol–water partition coefficient (Wildman–Crippen LogP) is 5.64. The third kappa shape index (κ3) is 6.24. The fraction of sp³-hybridized carbons (Fsp3) is 0.400. The molecule has 3 aromatic rings. The zero-order valence-electron chi connectivity index (χ0n) is 20.4. The van der Waals surface area contributed by atoms with Crippen molar-refractivity contribution < 1.29 is 26.0 Å². The van der Waals surface area contributed by atoms with Crippen LogP contribution in [0.4, 0.5) is 28.4 Å². The van der Waals surface area contributed by atoms with Crippen molar-refractivity contribution in [3.8, 4) is 0 Å². The lowest BCUT2D eigenvalue weighted by molar-refractivity contribution is -0.137. The topological polar surface area (TPSA) is 65.5 Å². The molecular weight excluding hydrogens is 528 g/mol. The van der Waals surface area contributed by atoms with E-state index < -0.39 is 32.5 Å². The minimum atomic E-state index is -4.39. The van der Waals surface area contributed by atoms with E-state index in [0.717, 1.165) is 30.2 Å². The van der Waals surface area contributed by atoms with Crippen molar-refractivity contribution in [1.29, 1.82) is 0 Å². The van der Waals surface area contributed by atoms with E-state index in [1.165, 1.54) is 30.5 Å². The SMILES string of the molecule is CN(C)C1(CCc2cccc(C(F)(F)F)c2)CCCN(c2ccc(S(=O)(=O)Nc3nccs3)c(F)c2)C1. The quantitative estimate of drug-likeness (QED) is 0.364. The molecule has 0 saturated carbocycles. The molecule has 2 heterocycles. The number of sulfonamides is 1. The third-order valence-corrected chi connectivity index (χ3v) is 9.05. The molecule has 1 fully saturated rings. The van der Waals surface area contributed by atoms with Crippen LogP contribution in [0.2, 0.25) is 0 Å². The number of rotatable bonds is 8. The number of nitrogens with zero attached hydrogens (tertiary/aromatic N) is 3. The van der Waals surface area contributed by atoms with E-state index in [1.807, 2.05) is 19.0 Å². The number of aromatic nitrogens is 1. The first kappa shape index (κ1) is 27.3. The lowest BCUT2D eigenvalue weighted by atomic mass is 9.82. The van der Waals surface area contributed by atoms with Crippen LogP contribution in [0.1, 0.15) is 30.4 Å². The fourth-order valence-corrected chi connectivity index (χ4v) is 6.60. The number of anilines is 2. The van der Waals surface area contributed by atoms with Gasteiger partial charge in [-0.05, 0) is 69.6 Å². The van der Waals surface area contributed by atoms with E-state index >= 15 is 4.39 Å². The number of piperidine rings is 1. The molecule has 1 N–H and O–H groups in total. The van der Waals surface area contributed by atoms with Gasteiger partial charge in [-0.25, -0.2) is 17.8 Å². The van der Waals surface area contributed by atoms with Gasteiger partial charge in [0.2, 0.25) is 0 Å². The summed E-state index contributed by atoms with van der Waals surface area (Å²) in [6.45, 7) is 1.18. The lowest BCUT2D eigenvalue weighted by Crippen LogP contribution is -2.56. The van der Waals surface area contributed by atoms with Crippen LogP contribution in [-0.2, 0) is 22.6 Å². The molecule has 6 nitrogen and oxygen atoms in total. The maximum Gasteiger partial charge on any atom is 0.416 e. The zero-order chi connectivity index (χ0) is 26.8. The van der Waals surface area contributed by atoms with Gasteiger partial charge in [-0.3, -0.25) is 4.72 Å². The predicted molar refractivity (Wildman–Crippen MR) is 137 cm³/mol. The molecule has 1 aliphatic heterocycles. The number of alkyl halides is 3. The van der Waals surface area contributed by atoms with E-state index in [2.05, 4.69) is 14.6 Å². The maximum atomic E-state index is 15.0. The summed E-state index contributed by atoms with van der Waals surface area (Å²) in [5.41, 5.74) is 0.154. The molecule has 37 heavy (non-hydrogen) atoms. The van der Waals surface area contributed by atoms with Crippen molar-refractivity contribution >= 4 is 32.2 Å². The van der Waals surface area contributed by atoms with Crippen LogP contribution in [0.25, 0.3) is 0 Å². The van der Waals surface area contributed by atoms with Gasteiger partial charge in [-0.15, -0.1) is 11.3 Å². The smallest absolute Gasteiger partial charge is 0.370 e. The van der Waals surface area contributed by atoms with Crippen LogP contribution in [0.15, 0.2) is 58.9 Å². The van der Waals surface area contributed by atoms with Crippen LogP contribution >= 0.6 is 11.3 Å². The van der Waals surface area contributed by atoms with Crippen molar-refractivity contribution in [2.75, 3.05) is 36.8 Å². The Morgan fingerprint density at radius 2 is 1.97 bits per heavy atom. The molecule has 0 aliphatic carbocycles. The molecular formula is C25H28F4N4O2S2. The lowest BCUT2D eigenvalue weighted by Gasteiger charge is -2.48. The summed E-state index contributed by atoms with van der Waals surface area (Å²) in [4.78, 5) is 7.49. The minimum Gasteiger partial charge on any atom is -0.370 e. The number of hydrogen-bond acceptors (Lipinski definition) is 6. The second-order valence-electron chi connectivity index (χ2n) is 9.40. The zero-order valence-corrected chi connectivity index (χ0v) is 22.1. The molecule has 1 unspecified atom stereocenters. The van der Waals surface area contributed by atoms with Gasteiger partial charge in [0, 0.05) is 35.9 Å². The molecule has 0 amide bonds. The average Bonchev–Trinajstić information content (AvgIpc) is 3.34. The van der Waals surface area contributed by atoms with Crippen molar-refractivity contribution in [2.24, 2.45) is 0 Å². The number of thiazole rings is 1. The molecule has 1 atom stereocenters. The Bertz CT molecular complexity index is 1330. The first-order valence-corrected chi connectivity index (χ1v) is 14.1. The van der Waals surface area contributed by atoms with Crippen LogP contribution < -0.4 is 9.62 Å². The van der Waals surface area contributed by atoms with Crippen molar-refractivity contribution in [2.45, 2.75) is 42.3 Å². The Balaban J connectivity index is 1.52. The summed E-state index contributed by atoms with van der Waals surface area (Å²) in [7, 11) is -0.254. The van der Waals surface area contributed by atoms with E-state index in [-0.39, 0.29) is 10.7 Å². The van der Waals surface area contributed by atoms with Gasteiger partial charge in [0.1, 0.15) is 10.7 Å². The van der Waals surface area contributed by atoms with Gasteiger partial charge >= 0.3 is 6.18 Å². The van der Waals surface area contributed by atoms with E-state index in [9.17, 15) is 21.6 Å². The molecule has 4 rings (SSSR count). The standard InChI is InChI=1S/C25H28F4N4O2S2/c1-32(2)24(11-9-18-5-3-6-19(15-18)25(27,28)29)10-4-13-33(17-24)20-7-8-22(21(26)16-20)37(34,35)31-23-30-12-14-36-23/h3,5-8,12,14-16H,4,9-11,13,17H2,1-2H3,(H,30,31). The molecule has 200 valence electrons. The summed E-state index contributed by atoms with van der Waals surface area (Å²) in [5, 5.41) is 1.76. The Labute approximate surface area is 218 Å². The first-order chi connectivity index (χ1) is 17.4. The monoisotopic (exact) mass is 556 g/mol. The Hall–Kier alpha value is -2.70. The summed E-state index contributed by atoms with van der Waals surface area (Å²) >= 11 is 1.09. The summed E-state index contributed by atoms with van der Waals surface area (Å²) < 4.78 is 82.0. The Morgan fingerprint density at radius 3 is 2.62 bits per heavy atom. The number of halogens is 4. The highest BCUT2D eigenvalue weighted by Crippen LogP contribution is 2.35. The Morgan fingerprint density at radius 1 is 1.19 bits per heavy atom. The molecule has 2 aromatic carbocycles. The molecule has 0 radical (unpaired) electrons. The van der Waals surface area contributed by atoms with Gasteiger partial charge in [0.15, 0.2) is 5.13 Å². The molecule has 1 aliphatic rings. The van der Waals surface area contributed by atoms with E-state index in [0.29, 0.717) is 37.2 Å². The second-order valence-corrected chi connectivity index (χ2v) is 11.9. The number of likely N-dealkylation sites (N-methyl/N-ethyl adjacent to an activating group) is 1. The molecule has 0 spiro atoms. The van der Waals surface area contributed by atoms with Crippen molar-refractivity contribution in [1.82, 2.24) is 9.88 Å². The highest BCUT2D eigenvalue weighted by Gasteiger charge is 2.38. The maximum absolute atomic E-state index is 15.0. The van der Waals surface area contributed by atoms with Crippen molar-refractivity contribution in [3.63, 3.8) is 0 Å². The normalized spacial score (nSPS) is 18.8. The molecule has 12 heteroatoms. The number of aryl methyl sites for hydroxylation is 1. The summed E-state index contributed by atoms with van der Waals surface area (Å²) in [6, 6.07) is 9.43. The summed E-state index contributed by atoms with van der Waals surface area (Å²) in [6.07, 6.45) is -0.233. The third-order valence-electron chi connectivity index (χ3n) is 6.86. The van der Waals surface area contributed by atoms with Gasteiger partial charge < -0.3 is 9.80 Å². The highest BCUT2D eigenvalue weighted by atomic mass is 32.2. The summed E-state index contributed by atoms with van der Waals surface area (Å²) in [5.74, 6) is -0.869. The fourth-order valence-electron chi connectivity index (χ4n) is 4.75.